The van der Waals surface area contributed by atoms with Crippen LogP contribution in [0, 0.1) is 0 Å². The van der Waals surface area contributed by atoms with Crippen LogP contribution in [0.1, 0.15) is 22.8 Å². The van der Waals surface area contributed by atoms with Gasteiger partial charge in [0.1, 0.15) is 0 Å². The summed E-state index contributed by atoms with van der Waals surface area (Å²) in [7, 11) is 0. The van der Waals surface area contributed by atoms with Crippen molar-refractivity contribution >= 4 is 34.8 Å². The predicted octanol–water partition coefficient (Wildman–Crippen LogP) is 4.58. The van der Waals surface area contributed by atoms with E-state index in [1.165, 1.54) is 5.56 Å². The molecule has 4 heteroatoms. The van der Waals surface area contributed by atoms with Crippen molar-refractivity contribution in [2.24, 2.45) is 0 Å². The van der Waals surface area contributed by atoms with Crippen molar-refractivity contribution in [2.75, 3.05) is 4.90 Å². The summed E-state index contributed by atoms with van der Waals surface area (Å²) in [6, 6.07) is 13.1. The molecule has 0 spiro atoms. The monoisotopic (exact) mass is 305 g/mol. The predicted molar refractivity (Wildman–Crippen MR) is 82.9 cm³/mol. The molecule has 1 heterocycles. The van der Waals surface area contributed by atoms with Crippen LogP contribution in [0.5, 0.6) is 0 Å². The largest absolute Gasteiger partial charge is 0.305 e. The molecule has 2 nitrogen and oxygen atoms in total. The molecule has 0 bridgehead atoms. The first kappa shape index (κ1) is 13.5. The van der Waals surface area contributed by atoms with Crippen LogP contribution in [0.3, 0.4) is 0 Å². The average molecular weight is 306 g/mol. The van der Waals surface area contributed by atoms with Crippen molar-refractivity contribution < 1.29 is 4.79 Å². The molecule has 20 heavy (non-hydrogen) atoms. The highest BCUT2D eigenvalue weighted by Crippen LogP contribution is 2.34. The molecule has 0 unspecified atom stereocenters. The Kier molecular flexibility index (Phi) is 3.45. The number of para-hydroxylation sites is 1. The average Bonchev–Trinajstić information content (AvgIpc) is 2.73. The van der Waals surface area contributed by atoms with Crippen molar-refractivity contribution in [1.82, 2.24) is 0 Å². The van der Waals surface area contributed by atoms with Gasteiger partial charge in [-0.1, -0.05) is 41.4 Å². The van der Waals surface area contributed by atoms with Gasteiger partial charge in [-0.15, -0.1) is 0 Å². The first-order chi connectivity index (χ1) is 9.58. The molecule has 0 aromatic heterocycles. The molecule has 0 aliphatic carbocycles. The van der Waals surface area contributed by atoms with E-state index in [0.717, 1.165) is 12.1 Å². The minimum Gasteiger partial charge on any atom is -0.305 e. The zero-order valence-electron chi connectivity index (χ0n) is 10.9. The fourth-order valence-electron chi connectivity index (χ4n) is 2.67. The quantitative estimate of drug-likeness (QED) is 0.755. The molecule has 2 aromatic carbocycles. The molecular formula is C16H13Cl2NO. The summed E-state index contributed by atoms with van der Waals surface area (Å²) in [4.78, 5) is 14.6. The summed E-state index contributed by atoms with van der Waals surface area (Å²) in [5.74, 6) is -0.0795. The highest BCUT2D eigenvalue weighted by atomic mass is 35.5. The fourth-order valence-corrected chi connectivity index (χ4v) is 3.16. The lowest BCUT2D eigenvalue weighted by atomic mass is 10.1. The number of benzene rings is 2. The second-order valence-corrected chi connectivity index (χ2v) is 5.82. The first-order valence-electron chi connectivity index (χ1n) is 6.44. The smallest absolute Gasteiger partial charge is 0.260 e. The molecule has 0 N–H and O–H groups in total. The van der Waals surface area contributed by atoms with Gasteiger partial charge in [0.25, 0.3) is 5.91 Å². The van der Waals surface area contributed by atoms with E-state index in [4.69, 9.17) is 23.2 Å². The first-order valence-corrected chi connectivity index (χ1v) is 7.20. The summed E-state index contributed by atoms with van der Waals surface area (Å²) < 4.78 is 0. The molecule has 0 fully saturated rings. The molecule has 1 atom stereocenters. The SMILES string of the molecule is C[C@H]1Cc2ccccc2N1C(=O)c1ccc(Cl)cc1Cl. The van der Waals surface area contributed by atoms with E-state index in [1.807, 2.05) is 30.0 Å². The van der Waals surface area contributed by atoms with Crippen LogP contribution in [0.4, 0.5) is 5.69 Å². The standard InChI is InChI=1S/C16H13Cl2NO/c1-10-8-11-4-2-3-5-15(11)19(10)16(20)13-7-6-12(17)9-14(13)18/h2-7,9-10H,8H2,1H3/t10-/m0/s1. The number of anilines is 1. The molecule has 3 rings (SSSR count). The van der Waals surface area contributed by atoms with Crippen LogP contribution >= 0.6 is 23.2 Å². The van der Waals surface area contributed by atoms with E-state index >= 15 is 0 Å². The number of nitrogens with zero attached hydrogens (tertiary/aromatic N) is 1. The number of fused-ring (bicyclic) bond motifs is 1. The van der Waals surface area contributed by atoms with Crippen molar-refractivity contribution in [2.45, 2.75) is 19.4 Å². The minimum absolute atomic E-state index is 0.0795. The second kappa shape index (κ2) is 5.12. The second-order valence-electron chi connectivity index (χ2n) is 4.98. The highest BCUT2D eigenvalue weighted by Gasteiger charge is 2.31. The lowest BCUT2D eigenvalue weighted by Gasteiger charge is -2.23. The number of carbonyl (C=O) groups excluding carboxylic acids is 1. The van der Waals surface area contributed by atoms with Gasteiger partial charge in [0.15, 0.2) is 0 Å². The zero-order chi connectivity index (χ0) is 14.3. The van der Waals surface area contributed by atoms with Crippen LogP contribution in [-0.2, 0) is 6.42 Å². The summed E-state index contributed by atoms with van der Waals surface area (Å²) in [6.07, 6.45) is 0.868. The maximum absolute atomic E-state index is 12.8. The Bertz CT molecular complexity index is 684. The third-order valence-corrected chi connectivity index (χ3v) is 4.14. The maximum Gasteiger partial charge on any atom is 0.260 e. The Hall–Kier alpha value is -1.51. The van der Waals surface area contributed by atoms with Gasteiger partial charge in [0.2, 0.25) is 0 Å². The third-order valence-electron chi connectivity index (χ3n) is 3.59. The Labute approximate surface area is 127 Å². The molecular weight excluding hydrogens is 293 g/mol. The van der Waals surface area contributed by atoms with E-state index in [2.05, 4.69) is 6.07 Å². The van der Waals surface area contributed by atoms with E-state index in [-0.39, 0.29) is 11.9 Å². The Morgan fingerprint density at radius 2 is 1.95 bits per heavy atom. The molecule has 102 valence electrons. The normalized spacial score (nSPS) is 17.1. The van der Waals surface area contributed by atoms with Gasteiger partial charge in [0, 0.05) is 16.8 Å². The van der Waals surface area contributed by atoms with E-state index in [1.54, 1.807) is 18.2 Å². The molecule has 0 saturated carbocycles. The van der Waals surface area contributed by atoms with Crippen LogP contribution in [0.2, 0.25) is 10.0 Å². The molecule has 1 aliphatic rings. The van der Waals surface area contributed by atoms with Crippen molar-refractivity contribution in [3.63, 3.8) is 0 Å². The Morgan fingerprint density at radius 3 is 2.70 bits per heavy atom. The van der Waals surface area contributed by atoms with Gasteiger partial charge < -0.3 is 4.90 Å². The van der Waals surface area contributed by atoms with Gasteiger partial charge in [-0.2, -0.15) is 0 Å². The topological polar surface area (TPSA) is 20.3 Å². The third kappa shape index (κ3) is 2.19. The summed E-state index contributed by atoms with van der Waals surface area (Å²) in [5, 5.41) is 0.917. The Morgan fingerprint density at radius 1 is 1.20 bits per heavy atom. The molecule has 0 radical (unpaired) electrons. The minimum atomic E-state index is -0.0795. The maximum atomic E-state index is 12.8. The fraction of sp³-hybridized carbons (Fsp3) is 0.188. The van der Waals surface area contributed by atoms with Gasteiger partial charge in [-0.05, 0) is 43.2 Å². The Balaban J connectivity index is 2.03. The number of rotatable bonds is 1. The molecule has 1 amide bonds. The summed E-state index contributed by atoms with van der Waals surface area (Å²) in [6.45, 7) is 2.04. The van der Waals surface area contributed by atoms with Crippen LogP contribution in [-0.4, -0.2) is 11.9 Å². The van der Waals surface area contributed by atoms with Crippen LogP contribution < -0.4 is 4.90 Å². The van der Waals surface area contributed by atoms with Gasteiger partial charge in [-0.3, -0.25) is 4.79 Å². The van der Waals surface area contributed by atoms with Gasteiger partial charge in [-0.25, -0.2) is 0 Å². The van der Waals surface area contributed by atoms with Crippen molar-refractivity contribution in [1.29, 1.82) is 0 Å². The van der Waals surface area contributed by atoms with Crippen molar-refractivity contribution in [3.05, 3.63) is 63.6 Å². The zero-order valence-corrected chi connectivity index (χ0v) is 12.4. The molecule has 1 aliphatic heterocycles. The van der Waals surface area contributed by atoms with E-state index < -0.39 is 0 Å². The lowest BCUT2D eigenvalue weighted by Crippen LogP contribution is -2.35. The highest BCUT2D eigenvalue weighted by molar-refractivity contribution is 6.37. The molecule has 2 aromatic rings. The number of halogens is 2. The molecule has 0 saturated heterocycles. The number of hydrogen-bond donors (Lipinski definition) is 0. The van der Waals surface area contributed by atoms with Gasteiger partial charge >= 0.3 is 0 Å². The van der Waals surface area contributed by atoms with Crippen LogP contribution in [0.25, 0.3) is 0 Å². The van der Waals surface area contributed by atoms with E-state index in [0.29, 0.717) is 15.6 Å². The number of carbonyl (C=O) groups is 1. The van der Waals surface area contributed by atoms with E-state index in [9.17, 15) is 4.79 Å². The van der Waals surface area contributed by atoms with Crippen molar-refractivity contribution in [3.8, 4) is 0 Å². The number of hydrogen-bond acceptors (Lipinski definition) is 1. The summed E-state index contributed by atoms with van der Waals surface area (Å²) in [5.41, 5.74) is 2.65. The lowest BCUT2D eigenvalue weighted by molar-refractivity contribution is 0.0981. The summed E-state index contributed by atoms with van der Waals surface area (Å²) >= 11 is 12.0. The van der Waals surface area contributed by atoms with Gasteiger partial charge in [0.05, 0.1) is 10.6 Å². The number of amides is 1. The van der Waals surface area contributed by atoms with Crippen LogP contribution in [0.15, 0.2) is 42.5 Å².